The standard InChI is InChI=1S/C7H16NO3P/c1-6-3-8-4-7(11-6)5-10-12(2)9/h6-8,12H,3-5H2,1-2H3/t6-,7-/m0/s1. The van der Waals surface area contributed by atoms with Gasteiger partial charge in [-0.15, -0.1) is 0 Å². The number of hydrogen-bond donors (Lipinski definition) is 1. The van der Waals surface area contributed by atoms with Gasteiger partial charge >= 0.3 is 0 Å². The summed E-state index contributed by atoms with van der Waals surface area (Å²) in [6.07, 6.45) is 0.286. The van der Waals surface area contributed by atoms with E-state index in [2.05, 4.69) is 5.32 Å². The number of morpholine rings is 1. The van der Waals surface area contributed by atoms with Crippen LogP contribution in [0.4, 0.5) is 0 Å². The van der Waals surface area contributed by atoms with Crippen molar-refractivity contribution in [1.29, 1.82) is 0 Å². The second kappa shape index (κ2) is 4.97. The molecule has 0 aromatic heterocycles. The van der Waals surface area contributed by atoms with Crippen LogP contribution < -0.4 is 5.32 Å². The maximum Gasteiger partial charge on any atom is 0.188 e. The molecular weight excluding hydrogens is 177 g/mol. The number of hydrogen-bond acceptors (Lipinski definition) is 4. The van der Waals surface area contributed by atoms with Crippen molar-refractivity contribution in [3.8, 4) is 0 Å². The molecule has 5 heteroatoms. The Kier molecular flexibility index (Phi) is 4.22. The van der Waals surface area contributed by atoms with Gasteiger partial charge in [-0.2, -0.15) is 0 Å². The van der Waals surface area contributed by atoms with Gasteiger partial charge in [0.15, 0.2) is 8.03 Å². The first-order chi connectivity index (χ1) is 5.68. The third kappa shape index (κ3) is 3.68. The van der Waals surface area contributed by atoms with E-state index in [1.54, 1.807) is 6.66 Å². The summed E-state index contributed by atoms with van der Waals surface area (Å²) in [5, 5.41) is 3.21. The molecule has 0 bridgehead atoms. The van der Waals surface area contributed by atoms with E-state index < -0.39 is 8.03 Å². The fraction of sp³-hybridized carbons (Fsp3) is 1.00. The zero-order valence-corrected chi connectivity index (χ0v) is 8.50. The highest BCUT2D eigenvalue weighted by atomic mass is 31.1. The summed E-state index contributed by atoms with van der Waals surface area (Å²) in [5.41, 5.74) is 0. The van der Waals surface area contributed by atoms with E-state index >= 15 is 0 Å². The van der Waals surface area contributed by atoms with E-state index in [9.17, 15) is 4.57 Å². The molecule has 1 unspecified atom stereocenters. The smallest absolute Gasteiger partial charge is 0.188 e. The molecule has 1 aliphatic rings. The molecule has 4 nitrogen and oxygen atoms in total. The van der Waals surface area contributed by atoms with Gasteiger partial charge in [0, 0.05) is 19.8 Å². The van der Waals surface area contributed by atoms with Crippen LogP contribution in [-0.4, -0.2) is 38.6 Å². The van der Waals surface area contributed by atoms with Crippen molar-refractivity contribution < 1.29 is 13.8 Å². The lowest BCUT2D eigenvalue weighted by molar-refractivity contribution is -0.0458. The molecule has 1 rings (SSSR count). The van der Waals surface area contributed by atoms with Crippen LogP contribution in [0, 0.1) is 0 Å². The van der Waals surface area contributed by atoms with Crippen LogP contribution >= 0.6 is 8.03 Å². The molecule has 0 aromatic carbocycles. The Bertz CT molecular complexity index is 165. The normalized spacial score (nSPS) is 33.2. The molecule has 72 valence electrons. The van der Waals surface area contributed by atoms with Crippen molar-refractivity contribution in [2.75, 3.05) is 26.4 Å². The summed E-state index contributed by atoms with van der Waals surface area (Å²) in [6, 6.07) is 0. The SMILES string of the molecule is C[C@H]1CNC[C@@H](CO[PH](C)=O)O1. The van der Waals surface area contributed by atoms with Crippen LogP contribution in [0.25, 0.3) is 0 Å². The van der Waals surface area contributed by atoms with Gasteiger partial charge in [0.05, 0.1) is 18.8 Å². The monoisotopic (exact) mass is 193 g/mol. The minimum absolute atomic E-state index is 0.0580. The van der Waals surface area contributed by atoms with Crippen LogP contribution in [0.1, 0.15) is 6.92 Å². The molecule has 1 fully saturated rings. The van der Waals surface area contributed by atoms with Gasteiger partial charge in [-0.25, -0.2) is 0 Å². The Hall–Kier alpha value is 0.110. The van der Waals surface area contributed by atoms with Crippen molar-refractivity contribution >= 4 is 8.03 Å². The third-order valence-electron chi connectivity index (χ3n) is 1.70. The van der Waals surface area contributed by atoms with Crippen LogP contribution in [0.5, 0.6) is 0 Å². The Morgan fingerprint density at radius 2 is 2.42 bits per heavy atom. The Balaban J connectivity index is 2.18. The van der Waals surface area contributed by atoms with Gasteiger partial charge < -0.3 is 14.6 Å². The zero-order valence-electron chi connectivity index (χ0n) is 7.50. The van der Waals surface area contributed by atoms with Gasteiger partial charge in [0.2, 0.25) is 0 Å². The van der Waals surface area contributed by atoms with E-state index in [4.69, 9.17) is 9.26 Å². The van der Waals surface area contributed by atoms with E-state index in [0.29, 0.717) is 6.61 Å². The van der Waals surface area contributed by atoms with Crippen LogP contribution in [0.3, 0.4) is 0 Å². The summed E-state index contributed by atoms with van der Waals surface area (Å²) in [5.74, 6) is 0. The van der Waals surface area contributed by atoms with Crippen molar-refractivity contribution in [2.24, 2.45) is 0 Å². The van der Waals surface area contributed by atoms with Crippen molar-refractivity contribution in [2.45, 2.75) is 19.1 Å². The fourth-order valence-corrected chi connectivity index (χ4v) is 1.60. The predicted octanol–water partition coefficient (Wildman–Crippen LogP) is 0.484. The molecule has 3 atom stereocenters. The average molecular weight is 193 g/mol. The number of nitrogens with one attached hydrogen (secondary N) is 1. The summed E-state index contributed by atoms with van der Waals surface area (Å²) in [6.45, 7) is 5.71. The van der Waals surface area contributed by atoms with E-state index in [0.717, 1.165) is 13.1 Å². The van der Waals surface area contributed by atoms with Gasteiger partial charge in [0.1, 0.15) is 0 Å². The lowest BCUT2D eigenvalue weighted by atomic mass is 10.3. The minimum atomic E-state index is -1.81. The zero-order chi connectivity index (χ0) is 8.97. The molecule has 0 saturated carbocycles. The maximum absolute atomic E-state index is 10.7. The molecule has 1 heterocycles. The fourth-order valence-electron chi connectivity index (χ4n) is 1.18. The van der Waals surface area contributed by atoms with E-state index in [1.807, 2.05) is 6.92 Å². The van der Waals surface area contributed by atoms with E-state index in [1.165, 1.54) is 0 Å². The summed E-state index contributed by atoms with van der Waals surface area (Å²) in [7, 11) is -1.81. The van der Waals surface area contributed by atoms with Crippen molar-refractivity contribution in [1.82, 2.24) is 5.32 Å². The van der Waals surface area contributed by atoms with Crippen LogP contribution in [0.15, 0.2) is 0 Å². The first kappa shape index (κ1) is 10.2. The lowest BCUT2D eigenvalue weighted by Crippen LogP contribution is -2.45. The minimum Gasteiger partial charge on any atom is -0.370 e. The second-order valence-corrected chi connectivity index (χ2v) is 4.30. The molecule has 0 spiro atoms. The maximum atomic E-state index is 10.7. The molecule has 0 amide bonds. The van der Waals surface area contributed by atoms with Gasteiger partial charge in [-0.05, 0) is 6.92 Å². The molecule has 0 aromatic rings. The number of ether oxygens (including phenoxy) is 1. The molecule has 0 aliphatic carbocycles. The average Bonchev–Trinajstić information content (AvgIpc) is 2.01. The Morgan fingerprint density at radius 1 is 1.67 bits per heavy atom. The highest BCUT2D eigenvalue weighted by Gasteiger charge is 2.18. The first-order valence-electron chi connectivity index (χ1n) is 4.18. The molecule has 1 saturated heterocycles. The molecule has 1 aliphatic heterocycles. The van der Waals surface area contributed by atoms with Gasteiger partial charge in [0.25, 0.3) is 0 Å². The highest BCUT2D eigenvalue weighted by molar-refractivity contribution is 7.38. The predicted molar refractivity (Wildman–Crippen MR) is 48.1 cm³/mol. The van der Waals surface area contributed by atoms with Crippen molar-refractivity contribution in [3.05, 3.63) is 0 Å². The Morgan fingerprint density at radius 3 is 3.00 bits per heavy atom. The molecule has 0 radical (unpaired) electrons. The first-order valence-corrected chi connectivity index (χ1v) is 5.99. The Labute approximate surface area is 73.5 Å². The number of rotatable bonds is 3. The summed E-state index contributed by atoms with van der Waals surface area (Å²) < 4.78 is 21.2. The molecular formula is C7H16NO3P. The van der Waals surface area contributed by atoms with Gasteiger partial charge in [-0.3, -0.25) is 4.57 Å². The molecule has 1 N–H and O–H groups in total. The summed E-state index contributed by atoms with van der Waals surface area (Å²) >= 11 is 0. The van der Waals surface area contributed by atoms with Crippen LogP contribution in [-0.2, 0) is 13.8 Å². The highest BCUT2D eigenvalue weighted by Crippen LogP contribution is 2.16. The lowest BCUT2D eigenvalue weighted by Gasteiger charge is -2.28. The second-order valence-electron chi connectivity index (χ2n) is 3.03. The van der Waals surface area contributed by atoms with Crippen molar-refractivity contribution in [3.63, 3.8) is 0 Å². The largest absolute Gasteiger partial charge is 0.370 e. The van der Waals surface area contributed by atoms with E-state index in [-0.39, 0.29) is 12.2 Å². The third-order valence-corrected chi connectivity index (χ3v) is 2.27. The molecule has 12 heavy (non-hydrogen) atoms. The van der Waals surface area contributed by atoms with Crippen LogP contribution in [0.2, 0.25) is 0 Å². The topological polar surface area (TPSA) is 47.6 Å². The quantitative estimate of drug-likeness (QED) is 0.662. The van der Waals surface area contributed by atoms with Gasteiger partial charge in [-0.1, -0.05) is 0 Å². The summed E-state index contributed by atoms with van der Waals surface area (Å²) in [4.78, 5) is 0.